The lowest BCUT2D eigenvalue weighted by molar-refractivity contribution is 0.103. The molecule has 9 nitrogen and oxygen atoms in total. The summed E-state index contributed by atoms with van der Waals surface area (Å²) in [6, 6.07) is 34.4. The predicted octanol–water partition coefficient (Wildman–Crippen LogP) is 7.07. The number of carbonyl (C=O) groups excluding carboxylic acids is 1. The minimum Gasteiger partial charge on any atom is -0.457 e. The first-order chi connectivity index (χ1) is 24.9. The van der Waals surface area contributed by atoms with Crippen LogP contribution in [0.4, 0.5) is 0 Å². The molecule has 1 atom stereocenters. The van der Waals surface area contributed by atoms with E-state index in [1.165, 1.54) is 4.31 Å². The fourth-order valence-corrected chi connectivity index (χ4v) is 8.65. The van der Waals surface area contributed by atoms with Crippen molar-refractivity contribution in [3.63, 3.8) is 0 Å². The maximum Gasteiger partial charge on any atom is 0.329 e. The van der Waals surface area contributed by atoms with Crippen LogP contribution in [0.25, 0.3) is 11.3 Å². The van der Waals surface area contributed by atoms with E-state index in [1.54, 1.807) is 45.5 Å². The summed E-state index contributed by atoms with van der Waals surface area (Å²) in [5.41, 5.74) is 3.02. The van der Waals surface area contributed by atoms with Gasteiger partial charge in [-0.25, -0.2) is 13.2 Å². The second-order valence-corrected chi connectivity index (χ2v) is 15.0. The van der Waals surface area contributed by atoms with Gasteiger partial charge < -0.3 is 10.1 Å². The third kappa shape index (κ3) is 7.68. The van der Waals surface area contributed by atoms with E-state index in [4.69, 9.17) is 4.74 Å². The zero-order chi connectivity index (χ0) is 35.2. The predicted molar refractivity (Wildman–Crippen MR) is 199 cm³/mol. The van der Waals surface area contributed by atoms with Gasteiger partial charge in [0.1, 0.15) is 17.2 Å². The van der Waals surface area contributed by atoms with E-state index in [0.29, 0.717) is 42.3 Å². The molecule has 0 amide bonds. The number of hydrogen-bond donors (Lipinski definition) is 1. The Morgan fingerprint density at radius 2 is 1.53 bits per heavy atom. The number of sulfonamides is 1. The number of allylic oxidation sites excluding steroid dienone is 1. The van der Waals surface area contributed by atoms with Crippen LogP contribution in [0.15, 0.2) is 137 Å². The van der Waals surface area contributed by atoms with Crippen molar-refractivity contribution in [2.45, 2.75) is 49.6 Å². The van der Waals surface area contributed by atoms with Crippen molar-refractivity contribution in [2.75, 3.05) is 26.2 Å². The molecule has 51 heavy (non-hydrogen) atoms. The molecule has 0 spiro atoms. The van der Waals surface area contributed by atoms with Crippen molar-refractivity contribution in [3.05, 3.63) is 149 Å². The van der Waals surface area contributed by atoms with Gasteiger partial charge in [0.05, 0.1) is 23.2 Å². The van der Waals surface area contributed by atoms with Crippen molar-refractivity contribution in [2.24, 2.45) is 0 Å². The molecule has 4 aromatic carbocycles. The van der Waals surface area contributed by atoms with E-state index >= 15 is 0 Å². The number of hydrogen-bond acceptors (Lipinski definition) is 6. The molecule has 10 heteroatoms. The average Bonchev–Trinajstić information content (AvgIpc) is 3.27. The van der Waals surface area contributed by atoms with Crippen molar-refractivity contribution in [3.8, 4) is 22.8 Å². The third-order valence-electron chi connectivity index (χ3n) is 9.59. The SMILES string of the molecule is O=C(/C=C1/CCCNCC1)c1c(-c2ccccc2)n(C2CCCN(S(=O)(=O)c3ccccc3)C2)c(=O)n1Cc1cccc(Oc2ccccc2)c1. The highest BCUT2D eigenvalue weighted by Gasteiger charge is 2.35. The van der Waals surface area contributed by atoms with Gasteiger partial charge in [0.25, 0.3) is 0 Å². The number of nitrogens with zero attached hydrogens (tertiary/aromatic N) is 3. The van der Waals surface area contributed by atoms with Crippen molar-refractivity contribution in [1.29, 1.82) is 0 Å². The van der Waals surface area contributed by atoms with Crippen LogP contribution >= 0.6 is 0 Å². The first-order valence-corrected chi connectivity index (χ1v) is 19.0. The van der Waals surface area contributed by atoms with Gasteiger partial charge in [0.15, 0.2) is 0 Å². The number of benzene rings is 4. The highest BCUT2D eigenvalue weighted by Crippen LogP contribution is 2.33. The Morgan fingerprint density at radius 1 is 0.824 bits per heavy atom. The summed E-state index contributed by atoms with van der Waals surface area (Å²) in [5.74, 6) is 1.07. The lowest BCUT2D eigenvalue weighted by Gasteiger charge is -2.33. The average molecular weight is 703 g/mol. The van der Waals surface area contributed by atoms with Crippen LogP contribution in [0.3, 0.4) is 0 Å². The van der Waals surface area contributed by atoms with Gasteiger partial charge in [0, 0.05) is 18.7 Å². The monoisotopic (exact) mass is 702 g/mol. The molecule has 0 aliphatic carbocycles. The van der Waals surface area contributed by atoms with E-state index in [9.17, 15) is 18.0 Å². The van der Waals surface area contributed by atoms with Gasteiger partial charge in [-0.15, -0.1) is 0 Å². The number of aromatic nitrogens is 2. The Kier molecular flexibility index (Phi) is 10.4. The number of rotatable bonds is 10. The summed E-state index contributed by atoms with van der Waals surface area (Å²) in [6.45, 7) is 2.28. The molecule has 262 valence electrons. The Bertz CT molecular complexity index is 2170. The quantitative estimate of drug-likeness (QED) is 0.124. The number of piperidine rings is 1. The fraction of sp³-hybridized carbons (Fsp3) is 0.268. The number of para-hydroxylation sites is 1. The standard InChI is InChI=1S/C41H42N4O5S/c46-38(28-31-14-11-24-42-25-23-31)40-39(33-15-4-1-5-16-33)45(34-17-12-26-43(30-34)51(48,49)37-21-8-3-9-22-37)41(47)44(40)29-32-13-10-20-36(27-32)50-35-18-6-2-7-19-35/h1-10,13,15-16,18-22,27-28,34,42H,11-12,14,17,23-26,29-30H2/b31-28-. The van der Waals surface area contributed by atoms with Crippen molar-refractivity contribution in [1.82, 2.24) is 18.8 Å². The zero-order valence-corrected chi connectivity index (χ0v) is 29.3. The first-order valence-electron chi connectivity index (χ1n) is 17.6. The molecule has 2 saturated heterocycles. The summed E-state index contributed by atoms with van der Waals surface area (Å²) in [7, 11) is -3.80. The van der Waals surface area contributed by atoms with E-state index in [2.05, 4.69) is 5.32 Å². The van der Waals surface area contributed by atoms with Crippen LogP contribution in [-0.4, -0.2) is 53.8 Å². The molecule has 5 aromatic rings. The lowest BCUT2D eigenvalue weighted by atomic mass is 10.0. The Balaban J connectivity index is 1.35. The summed E-state index contributed by atoms with van der Waals surface area (Å²) in [5, 5.41) is 3.40. The van der Waals surface area contributed by atoms with Gasteiger partial charge in [-0.05, 0) is 93.2 Å². The molecule has 1 aromatic heterocycles. The summed E-state index contributed by atoms with van der Waals surface area (Å²) in [6.07, 6.45) is 5.37. The minimum atomic E-state index is -3.80. The maximum absolute atomic E-state index is 14.9. The molecule has 0 saturated carbocycles. The topological polar surface area (TPSA) is 103 Å². The van der Waals surface area contributed by atoms with Crippen LogP contribution in [0.1, 0.15) is 54.2 Å². The Hall–Kier alpha value is -5.03. The lowest BCUT2D eigenvalue weighted by Crippen LogP contribution is -2.43. The molecule has 0 radical (unpaired) electrons. The second kappa shape index (κ2) is 15.5. The minimum absolute atomic E-state index is 0.113. The summed E-state index contributed by atoms with van der Waals surface area (Å²) in [4.78, 5) is 29.7. The number of ketones is 1. The van der Waals surface area contributed by atoms with Crippen LogP contribution in [-0.2, 0) is 16.6 Å². The highest BCUT2D eigenvalue weighted by molar-refractivity contribution is 7.89. The molecule has 2 aliphatic heterocycles. The van der Waals surface area contributed by atoms with E-state index in [0.717, 1.165) is 49.1 Å². The number of imidazole rings is 1. The van der Waals surface area contributed by atoms with E-state index in [-0.39, 0.29) is 29.5 Å². The van der Waals surface area contributed by atoms with Crippen molar-refractivity contribution >= 4 is 15.8 Å². The Morgan fingerprint density at radius 3 is 2.29 bits per heavy atom. The summed E-state index contributed by atoms with van der Waals surface area (Å²) >= 11 is 0. The zero-order valence-electron chi connectivity index (χ0n) is 28.5. The second-order valence-electron chi connectivity index (χ2n) is 13.1. The molecule has 1 N–H and O–H groups in total. The third-order valence-corrected chi connectivity index (χ3v) is 11.5. The number of ether oxygens (including phenoxy) is 1. The fourth-order valence-electron chi connectivity index (χ4n) is 7.11. The summed E-state index contributed by atoms with van der Waals surface area (Å²) < 4.78 is 38.4. The van der Waals surface area contributed by atoms with Gasteiger partial charge in [0.2, 0.25) is 15.8 Å². The van der Waals surface area contributed by atoms with Gasteiger partial charge >= 0.3 is 5.69 Å². The Labute approximate surface area is 298 Å². The molecule has 2 fully saturated rings. The molecular formula is C41H42N4O5S. The first kappa shape index (κ1) is 34.4. The molecular weight excluding hydrogens is 661 g/mol. The largest absolute Gasteiger partial charge is 0.457 e. The van der Waals surface area contributed by atoms with Gasteiger partial charge in [-0.1, -0.05) is 84.4 Å². The van der Waals surface area contributed by atoms with Crippen LogP contribution in [0, 0.1) is 0 Å². The molecule has 0 bridgehead atoms. The van der Waals surface area contributed by atoms with Crippen LogP contribution in [0.2, 0.25) is 0 Å². The molecule has 2 aliphatic rings. The highest BCUT2D eigenvalue weighted by atomic mass is 32.2. The maximum atomic E-state index is 14.9. The number of nitrogens with one attached hydrogen (secondary N) is 1. The normalized spacial score (nSPS) is 18.0. The van der Waals surface area contributed by atoms with Crippen molar-refractivity contribution < 1.29 is 17.9 Å². The van der Waals surface area contributed by atoms with Gasteiger partial charge in [-0.3, -0.25) is 13.9 Å². The van der Waals surface area contributed by atoms with Gasteiger partial charge in [-0.2, -0.15) is 4.31 Å². The van der Waals surface area contributed by atoms with E-state index in [1.807, 2.05) is 84.9 Å². The van der Waals surface area contributed by atoms with Crippen LogP contribution < -0.4 is 15.7 Å². The smallest absolute Gasteiger partial charge is 0.329 e. The molecule has 3 heterocycles. The number of carbonyl (C=O) groups is 1. The molecule has 1 unspecified atom stereocenters. The van der Waals surface area contributed by atoms with E-state index < -0.39 is 16.1 Å². The van der Waals surface area contributed by atoms with Crippen LogP contribution in [0.5, 0.6) is 11.5 Å². The molecule has 7 rings (SSSR count).